The second-order valence-electron chi connectivity index (χ2n) is 9.13. The molecule has 2 aromatic rings. The van der Waals surface area contributed by atoms with Crippen LogP contribution in [0.25, 0.3) is 0 Å². The van der Waals surface area contributed by atoms with Gasteiger partial charge in [-0.1, -0.05) is 26.3 Å². The largest absolute Gasteiger partial charge is 0.493 e. The highest BCUT2D eigenvalue weighted by Gasteiger charge is 2.46. The molecule has 0 bridgehead atoms. The number of pyridine rings is 1. The maximum atomic E-state index is 13.9. The lowest BCUT2D eigenvalue weighted by atomic mass is 9.66. The molecule has 2 aliphatic rings. The second-order valence-corrected chi connectivity index (χ2v) is 9.13. The summed E-state index contributed by atoms with van der Waals surface area (Å²) in [7, 11) is 0. The predicted molar refractivity (Wildman–Crippen MR) is 121 cm³/mol. The van der Waals surface area contributed by atoms with Gasteiger partial charge in [0.2, 0.25) is 0 Å². The van der Waals surface area contributed by atoms with Gasteiger partial charge in [0.1, 0.15) is 11.6 Å². The molecule has 1 N–H and O–H groups in total. The molecule has 2 unspecified atom stereocenters. The normalized spacial score (nSPS) is 28.0. The zero-order chi connectivity index (χ0) is 21.7. The Bertz CT molecular complexity index is 858. The Kier molecular flexibility index (Phi) is 6.92. The number of nitrogens with one attached hydrogen (secondary N) is 1. The molecule has 3 heterocycles. The molecule has 1 fully saturated rings. The molecule has 1 saturated heterocycles. The van der Waals surface area contributed by atoms with Crippen molar-refractivity contribution >= 4 is 0 Å². The fourth-order valence-corrected chi connectivity index (χ4v) is 5.54. The summed E-state index contributed by atoms with van der Waals surface area (Å²) < 4.78 is 26.0. The van der Waals surface area contributed by atoms with Crippen LogP contribution in [0.1, 0.15) is 76.1 Å². The third kappa shape index (κ3) is 4.78. The Balaban J connectivity index is 1.53. The van der Waals surface area contributed by atoms with Crippen LogP contribution in [0.3, 0.4) is 0 Å². The fourth-order valence-electron chi connectivity index (χ4n) is 5.54. The second kappa shape index (κ2) is 9.66. The van der Waals surface area contributed by atoms with Gasteiger partial charge in [-0.25, -0.2) is 4.39 Å². The maximum absolute atomic E-state index is 13.9. The van der Waals surface area contributed by atoms with E-state index in [0.29, 0.717) is 6.61 Å². The number of fused-ring (bicyclic) bond motifs is 1. The Morgan fingerprint density at radius 1 is 1.16 bits per heavy atom. The van der Waals surface area contributed by atoms with Gasteiger partial charge in [0.25, 0.3) is 0 Å². The van der Waals surface area contributed by atoms with Crippen molar-refractivity contribution in [3.63, 3.8) is 0 Å². The number of hydrogen-bond donors (Lipinski definition) is 1. The monoisotopic (exact) mass is 426 g/mol. The van der Waals surface area contributed by atoms with Gasteiger partial charge in [-0.05, 0) is 69.0 Å². The molecule has 0 spiro atoms. The predicted octanol–water partition coefficient (Wildman–Crippen LogP) is 5.72. The zero-order valence-corrected chi connectivity index (χ0v) is 18.8. The third-order valence-electron chi connectivity index (χ3n) is 7.21. The third-order valence-corrected chi connectivity index (χ3v) is 7.21. The van der Waals surface area contributed by atoms with Gasteiger partial charge < -0.3 is 14.8 Å². The van der Waals surface area contributed by atoms with Crippen LogP contribution in [-0.4, -0.2) is 30.3 Å². The van der Waals surface area contributed by atoms with Crippen LogP contribution in [0.2, 0.25) is 0 Å². The van der Waals surface area contributed by atoms with Gasteiger partial charge >= 0.3 is 0 Å². The van der Waals surface area contributed by atoms with Crippen LogP contribution >= 0.6 is 0 Å². The number of rotatable bonds is 8. The molecule has 0 aliphatic carbocycles. The first-order valence-corrected chi connectivity index (χ1v) is 11.8. The van der Waals surface area contributed by atoms with Gasteiger partial charge in [0, 0.05) is 41.9 Å². The fraction of sp³-hybridized carbons (Fsp3) is 0.577. The number of aromatic nitrogens is 1. The number of ether oxygens (including phenoxy) is 2. The average Bonchev–Trinajstić information content (AvgIpc) is 2.80. The van der Waals surface area contributed by atoms with Crippen molar-refractivity contribution < 1.29 is 13.9 Å². The van der Waals surface area contributed by atoms with Gasteiger partial charge in [-0.3, -0.25) is 4.98 Å². The average molecular weight is 427 g/mol. The molecule has 2 aliphatic heterocycles. The van der Waals surface area contributed by atoms with Crippen molar-refractivity contribution in [2.45, 2.75) is 75.9 Å². The number of hydrogen-bond acceptors (Lipinski definition) is 4. The molecule has 1 aromatic carbocycles. The first-order valence-electron chi connectivity index (χ1n) is 11.8. The highest BCUT2D eigenvalue weighted by atomic mass is 19.1. The van der Waals surface area contributed by atoms with E-state index in [1.54, 1.807) is 12.1 Å². The minimum absolute atomic E-state index is 0.00632. The Labute approximate surface area is 185 Å². The van der Waals surface area contributed by atoms with E-state index < -0.39 is 0 Å². The van der Waals surface area contributed by atoms with Crippen molar-refractivity contribution in [3.05, 3.63) is 59.7 Å². The molecule has 4 rings (SSSR count). The van der Waals surface area contributed by atoms with E-state index in [2.05, 4.69) is 31.3 Å². The van der Waals surface area contributed by atoms with E-state index in [0.717, 1.165) is 69.4 Å². The van der Waals surface area contributed by atoms with E-state index in [4.69, 9.17) is 14.5 Å². The first-order chi connectivity index (χ1) is 15.1. The van der Waals surface area contributed by atoms with Crippen LogP contribution in [0, 0.1) is 5.82 Å². The number of halogens is 1. The quantitative estimate of drug-likeness (QED) is 0.586. The first kappa shape index (κ1) is 22.2. The van der Waals surface area contributed by atoms with Gasteiger partial charge in [0.05, 0.1) is 12.2 Å². The molecule has 4 nitrogen and oxygen atoms in total. The Morgan fingerprint density at radius 2 is 2.06 bits per heavy atom. The summed E-state index contributed by atoms with van der Waals surface area (Å²) in [5.41, 5.74) is 2.03. The lowest BCUT2D eigenvalue weighted by Crippen LogP contribution is -2.48. The highest BCUT2D eigenvalue weighted by molar-refractivity contribution is 5.38. The zero-order valence-electron chi connectivity index (χ0n) is 18.8. The SMILES string of the molecule is CCCC1(CC)C[C@](CCNC2CCOc3ccc(F)cc32)(c2ccccn2)CCO1. The molecule has 168 valence electrons. The maximum Gasteiger partial charge on any atom is 0.124 e. The highest BCUT2D eigenvalue weighted by Crippen LogP contribution is 2.46. The van der Waals surface area contributed by atoms with Gasteiger partial charge in [-0.15, -0.1) is 0 Å². The minimum atomic E-state index is -0.210. The summed E-state index contributed by atoms with van der Waals surface area (Å²) >= 11 is 0. The molecule has 5 heteroatoms. The van der Waals surface area contributed by atoms with E-state index in [1.807, 2.05) is 12.3 Å². The molecule has 3 atom stereocenters. The van der Waals surface area contributed by atoms with E-state index in [-0.39, 0.29) is 22.9 Å². The van der Waals surface area contributed by atoms with E-state index in [1.165, 1.54) is 11.8 Å². The lowest BCUT2D eigenvalue weighted by molar-refractivity contribution is -0.116. The molecular formula is C26H35FN2O2. The summed E-state index contributed by atoms with van der Waals surface area (Å²) in [5.74, 6) is 0.585. The van der Waals surface area contributed by atoms with Crippen LogP contribution < -0.4 is 10.1 Å². The van der Waals surface area contributed by atoms with Crippen molar-refractivity contribution in [3.8, 4) is 5.75 Å². The van der Waals surface area contributed by atoms with Crippen molar-refractivity contribution in [2.24, 2.45) is 0 Å². The van der Waals surface area contributed by atoms with Crippen LogP contribution in [0.15, 0.2) is 42.6 Å². The van der Waals surface area contributed by atoms with E-state index in [9.17, 15) is 4.39 Å². The van der Waals surface area contributed by atoms with Crippen LogP contribution in [-0.2, 0) is 10.2 Å². The summed E-state index contributed by atoms with van der Waals surface area (Å²) in [6.45, 7) is 6.76. The van der Waals surface area contributed by atoms with Crippen molar-refractivity contribution in [1.82, 2.24) is 10.3 Å². The summed E-state index contributed by atoms with van der Waals surface area (Å²) in [5, 5.41) is 3.71. The molecule has 0 radical (unpaired) electrons. The van der Waals surface area contributed by atoms with Crippen molar-refractivity contribution in [2.75, 3.05) is 19.8 Å². The Morgan fingerprint density at radius 3 is 2.84 bits per heavy atom. The smallest absolute Gasteiger partial charge is 0.124 e. The minimum Gasteiger partial charge on any atom is -0.493 e. The lowest BCUT2D eigenvalue weighted by Gasteiger charge is -2.48. The molecule has 0 amide bonds. The topological polar surface area (TPSA) is 43.4 Å². The van der Waals surface area contributed by atoms with Crippen molar-refractivity contribution in [1.29, 1.82) is 0 Å². The van der Waals surface area contributed by atoms with Crippen LogP contribution in [0.5, 0.6) is 5.75 Å². The molecule has 1 aromatic heterocycles. The summed E-state index contributed by atoms with van der Waals surface area (Å²) in [4.78, 5) is 4.79. The van der Waals surface area contributed by atoms with Gasteiger partial charge in [0.15, 0.2) is 0 Å². The Hall–Kier alpha value is -1.98. The summed E-state index contributed by atoms with van der Waals surface area (Å²) in [6, 6.07) is 11.2. The van der Waals surface area contributed by atoms with Gasteiger partial charge in [-0.2, -0.15) is 0 Å². The number of benzene rings is 1. The molecule has 0 saturated carbocycles. The molecular weight excluding hydrogens is 391 g/mol. The van der Waals surface area contributed by atoms with E-state index >= 15 is 0 Å². The molecule has 31 heavy (non-hydrogen) atoms. The summed E-state index contributed by atoms with van der Waals surface area (Å²) in [6.07, 6.45) is 8.96. The van der Waals surface area contributed by atoms with Crippen LogP contribution in [0.4, 0.5) is 4.39 Å². The standard InChI is InChI=1S/C26H35FN2O2/c1-3-11-26(4-2)19-25(13-17-31-26,24-7-5-6-14-29-24)12-15-28-22-10-16-30-23-9-8-20(27)18-21(22)23/h5-9,14,18,22,28H,3-4,10-13,15-17,19H2,1-2H3/t22?,25-,26?/m1/s1. The number of nitrogens with zero attached hydrogens (tertiary/aromatic N) is 1.